The Kier molecular flexibility index (Phi) is 4.03. The number of thiol groups is 1. The number of nitrogens with zero attached hydrogens (tertiary/aromatic N) is 3. The highest BCUT2D eigenvalue weighted by Crippen LogP contribution is 2.26. The summed E-state index contributed by atoms with van der Waals surface area (Å²) in [5, 5.41) is 8.28. The highest BCUT2D eigenvalue weighted by molar-refractivity contribution is 7.70. The lowest BCUT2D eigenvalue weighted by molar-refractivity contribution is 0.418. The predicted molar refractivity (Wildman–Crippen MR) is 82.6 cm³/mol. The number of nitrogens with one attached hydrogen (secondary N) is 1. The Morgan fingerprint density at radius 1 is 1.18 bits per heavy atom. The zero-order chi connectivity index (χ0) is 15.5. The molecule has 0 fully saturated rings. The minimum Gasteiger partial charge on any atom is -0.494 e. The van der Waals surface area contributed by atoms with E-state index in [0.717, 1.165) is 22.3 Å². The third kappa shape index (κ3) is 2.78. The molecule has 1 N–H and O–H groups in total. The van der Waals surface area contributed by atoms with Gasteiger partial charge in [-0.05, 0) is 29.8 Å². The largest absolute Gasteiger partial charge is 0.494 e. The summed E-state index contributed by atoms with van der Waals surface area (Å²) in [5.41, 5.74) is 3.22. The first-order valence-corrected chi connectivity index (χ1v) is 7.72. The Hall–Kier alpha value is -2.45. The summed E-state index contributed by atoms with van der Waals surface area (Å²) in [6.07, 6.45) is 0. The molecule has 0 saturated carbocycles. The van der Waals surface area contributed by atoms with E-state index in [2.05, 4.69) is 15.0 Å². The number of para-hydroxylation sites is 1. The van der Waals surface area contributed by atoms with Crippen LogP contribution in [0.4, 0.5) is 0 Å². The smallest absolute Gasteiger partial charge is 0.201 e. The molecule has 0 amide bonds. The number of methoxy groups -OCH3 is 1. The second-order valence-corrected chi connectivity index (χ2v) is 5.42. The second kappa shape index (κ2) is 6.12. The fraction of sp³-hybridized carbons (Fsp3) is 0.143. The second-order valence-electron chi connectivity index (χ2n) is 4.59. The van der Waals surface area contributed by atoms with E-state index < -0.39 is 10.9 Å². The van der Waals surface area contributed by atoms with Gasteiger partial charge in [0.05, 0.1) is 12.8 Å². The molecule has 8 heteroatoms. The Bertz CT molecular complexity index is 863. The Labute approximate surface area is 128 Å². The third-order valence-corrected chi connectivity index (χ3v) is 3.66. The predicted octanol–water partition coefficient (Wildman–Crippen LogP) is 1.05. The van der Waals surface area contributed by atoms with Gasteiger partial charge in [-0.3, -0.25) is 0 Å². The van der Waals surface area contributed by atoms with Crippen LogP contribution >= 0.6 is 0 Å². The van der Waals surface area contributed by atoms with Crippen LogP contribution in [0.15, 0.2) is 42.5 Å². The van der Waals surface area contributed by atoms with Gasteiger partial charge >= 0.3 is 0 Å². The molecule has 0 aliphatic carbocycles. The molecule has 2 aromatic carbocycles. The van der Waals surface area contributed by atoms with Crippen molar-refractivity contribution < 1.29 is 13.2 Å². The lowest BCUT2D eigenvalue weighted by Crippen LogP contribution is -2.10. The fourth-order valence-electron chi connectivity index (χ4n) is 2.20. The summed E-state index contributed by atoms with van der Waals surface area (Å²) in [6, 6.07) is 13.0. The van der Waals surface area contributed by atoms with Crippen molar-refractivity contribution in [3.8, 4) is 11.4 Å². The van der Waals surface area contributed by atoms with Gasteiger partial charge in [-0.1, -0.05) is 23.4 Å². The number of ether oxygens (including phenoxy) is 1. The van der Waals surface area contributed by atoms with Crippen LogP contribution in [0.5, 0.6) is 5.75 Å². The quantitative estimate of drug-likeness (QED) is 0.687. The van der Waals surface area contributed by atoms with E-state index in [1.165, 1.54) is 0 Å². The molecule has 0 unspecified atom stereocenters. The normalized spacial score (nSPS) is 11.2. The minimum absolute atomic E-state index is 0.264. The van der Waals surface area contributed by atoms with E-state index in [1.54, 1.807) is 11.8 Å². The molecule has 0 aliphatic heterocycles. The maximum atomic E-state index is 10.5. The molecule has 22 heavy (non-hydrogen) atoms. The summed E-state index contributed by atoms with van der Waals surface area (Å²) in [6.45, 7) is 0.264. The number of hydrogen-bond acceptors (Lipinski definition) is 5. The molecule has 0 radical (unpaired) electrons. The molecule has 0 atom stereocenters. The van der Waals surface area contributed by atoms with Crippen LogP contribution < -0.4 is 9.46 Å². The fourth-order valence-corrected chi connectivity index (χ4v) is 2.51. The number of aromatic nitrogens is 3. The molecular weight excluding hydrogens is 304 g/mol. The van der Waals surface area contributed by atoms with Crippen molar-refractivity contribution in [2.45, 2.75) is 6.54 Å². The van der Waals surface area contributed by atoms with Crippen molar-refractivity contribution in [2.24, 2.45) is 0 Å². The molecule has 0 bridgehead atoms. The van der Waals surface area contributed by atoms with Crippen LogP contribution in [-0.2, 0) is 17.4 Å². The first-order valence-electron chi connectivity index (χ1n) is 6.54. The lowest BCUT2D eigenvalue weighted by atomic mass is 10.2. The van der Waals surface area contributed by atoms with Crippen LogP contribution in [0, 0.1) is 0 Å². The monoisotopic (exact) mass is 318 g/mol. The van der Waals surface area contributed by atoms with Gasteiger partial charge in [0.15, 0.2) is 0 Å². The first kappa shape index (κ1) is 14.5. The standard InChI is InChI=1S/C14H14N4O3S/c1-21-13-4-2-3-12-14(13)18(17-16-12)11-7-5-10(6-8-11)9-15-22(19)20/h2-8,22H,9H2,1H3,(H,15,19,20). The SMILES string of the molecule is COc1cccc2nnn(-c3ccc(CN[SH](=O)=O)cc3)c12. The van der Waals surface area contributed by atoms with Gasteiger partial charge in [0.1, 0.15) is 16.8 Å². The van der Waals surface area contributed by atoms with Gasteiger partial charge in [0.25, 0.3) is 0 Å². The van der Waals surface area contributed by atoms with E-state index in [0.29, 0.717) is 5.75 Å². The lowest BCUT2D eigenvalue weighted by Gasteiger charge is -2.07. The topological polar surface area (TPSA) is 86.1 Å². The summed E-state index contributed by atoms with van der Waals surface area (Å²) in [7, 11) is -0.990. The van der Waals surface area contributed by atoms with E-state index in [1.807, 2.05) is 42.5 Å². The molecule has 0 saturated heterocycles. The Morgan fingerprint density at radius 2 is 1.95 bits per heavy atom. The van der Waals surface area contributed by atoms with Crippen molar-refractivity contribution in [3.05, 3.63) is 48.0 Å². The van der Waals surface area contributed by atoms with Crippen LogP contribution in [-0.4, -0.2) is 30.5 Å². The van der Waals surface area contributed by atoms with Gasteiger partial charge in [-0.2, -0.15) is 0 Å². The van der Waals surface area contributed by atoms with Crippen molar-refractivity contribution in [1.29, 1.82) is 0 Å². The number of benzene rings is 2. The van der Waals surface area contributed by atoms with Crippen molar-refractivity contribution in [3.63, 3.8) is 0 Å². The Morgan fingerprint density at radius 3 is 2.64 bits per heavy atom. The zero-order valence-electron chi connectivity index (χ0n) is 11.8. The molecule has 114 valence electrons. The molecule has 0 spiro atoms. The summed E-state index contributed by atoms with van der Waals surface area (Å²) in [5.74, 6) is 0.691. The molecule has 7 nitrogen and oxygen atoms in total. The number of hydrogen-bond donors (Lipinski definition) is 2. The molecular formula is C14H14N4O3S. The van der Waals surface area contributed by atoms with Gasteiger partial charge in [0.2, 0.25) is 10.9 Å². The maximum absolute atomic E-state index is 10.5. The highest BCUT2D eigenvalue weighted by Gasteiger charge is 2.11. The van der Waals surface area contributed by atoms with Crippen molar-refractivity contribution >= 4 is 21.9 Å². The minimum atomic E-state index is -2.59. The first-order chi connectivity index (χ1) is 10.7. The van der Waals surface area contributed by atoms with Gasteiger partial charge in [0, 0.05) is 6.54 Å². The van der Waals surface area contributed by atoms with Crippen LogP contribution in [0.25, 0.3) is 16.7 Å². The average molecular weight is 318 g/mol. The molecule has 1 heterocycles. The van der Waals surface area contributed by atoms with Crippen LogP contribution in [0.3, 0.4) is 0 Å². The summed E-state index contributed by atoms with van der Waals surface area (Å²) in [4.78, 5) is 0. The van der Waals surface area contributed by atoms with Crippen LogP contribution in [0.2, 0.25) is 0 Å². The third-order valence-electron chi connectivity index (χ3n) is 3.24. The van der Waals surface area contributed by atoms with E-state index in [4.69, 9.17) is 4.74 Å². The number of rotatable bonds is 5. The zero-order valence-corrected chi connectivity index (χ0v) is 12.7. The summed E-state index contributed by atoms with van der Waals surface area (Å²) < 4.78 is 30.5. The molecule has 3 aromatic rings. The van der Waals surface area contributed by atoms with Gasteiger partial charge < -0.3 is 4.74 Å². The summed E-state index contributed by atoms with van der Waals surface area (Å²) >= 11 is 0. The number of fused-ring (bicyclic) bond motifs is 1. The highest BCUT2D eigenvalue weighted by atomic mass is 32.2. The average Bonchev–Trinajstić information content (AvgIpc) is 2.97. The van der Waals surface area contributed by atoms with Gasteiger partial charge in [-0.25, -0.2) is 17.8 Å². The molecule has 1 aromatic heterocycles. The molecule has 3 rings (SSSR count). The van der Waals surface area contributed by atoms with Gasteiger partial charge in [-0.15, -0.1) is 5.10 Å². The van der Waals surface area contributed by atoms with Crippen LogP contribution in [0.1, 0.15) is 5.56 Å². The van der Waals surface area contributed by atoms with E-state index >= 15 is 0 Å². The van der Waals surface area contributed by atoms with E-state index in [-0.39, 0.29) is 6.54 Å². The van der Waals surface area contributed by atoms with Crippen molar-refractivity contribution in [2.75, 3.05) is 7.11 Å². The molecule has 0 aliphatic rings. The maximum Gasteiger partial charge on any atom is 0.201 e. The van der Waals surface area contributed by atoms with Crippen molar-refractivity contribution in [1.82, 2.24) is 19.7 Å². The van der Waals surface area contributed by atoms with E-state index in [9.17, 15) is 8.42 Å². The Balaban J connectivity index is 1.97.